The van der Waals surface area contributed by atoms with Gasteiger partial charge in [-0.15, -0.1) is 0 Å². The lowest BCUT2D eigenvalue weighted by molar-refractivity contribution is -0.0877. The van der Waals surface area contributed by atoms with Gasteiger partial charge in [-0.1, -0.05) is 48.6 Å². The summed E-state index contributed by atoms with van der Waals surface area (Å²) in [4.78, 5) is 0. The van der Waals surface area contributed by atoms with E-state index in [4.69, 9.17) is 9.16 Å². The van der Waals surface area contributed by atoms with Crippen molar-refractivity contribution in [2.45, 2.75) is 39.3 Å². The summed E-state index contributed by atoms with van der Waals surface area (Å²) in [7, 11) is -1.67. The molecule has 0 radical (unpaired) electrons. The molecule has 4 heteroatoms. The Morgan fingerprint density at radius 2 is 1.27 bits per heavy atom. The van der Waals surface area contributed by atoms with Gasteiger partial charge >= 0.3 is 0 Å². The molecule has 0 aliphatic heterocycles. The molecule has 1 N–H and O–H groups in total. The summed E-state index contributed by atoms with van der Waals surface area (Å²) in [6, 6.07) is 15.0. The molecule has 0 fully saturated rings. The topological polar surface area (TPSA) is 38.7 Å². The predicted molar refractivity (Wildman–Crippen MR) is 112 cm³/mol. The molecule has 2 aromatic carbocycles. The number of phenols is 1. The lowest BCUT2D eigenvalue weighted by atomic mass is 10.1. The van der Waals surface area contributed by atoms with Gasteiger partial charge in [-0.25, -0.2) is 0 Å². The molecule has 0 aliphatic rings. The molecule has 0 saturated heterocycles. The molecule has 0 aromatic heterocycles. The average Bonchev–Trinajstić information content (AvgIpc) is 2.52. The minimum absolute atomic E-state index is 0.276. The van der Waals surface area contributed by atoms with Gasteiger partial charge in [0.05, 0.1) is 0 Å². The van der Waals surface area contributed by atoms with E-state index < -0.39 is 14.1 Å². The fraction of sp³-hybridized carbons (Fsp3) is 0.273. The minimum atomic E-state index is -1.67. The van der Waals surface area contributed by atoms with Crippen molar-refractivity contribution < 1.29 is 14.3 Å². The molecule has 138 valence electrons. The maximum Gasteiger partial charge on any atom is 0.195 e. The van der Waals surface area contributed by atoms with E-state index in [1.807, 2.05) is 74.5 Å². The van der Waals surface area contributed by atoms with E-state index in [1.54, 1.807) is 12.1 Å². The largest absolute Gasteiger partial charge is 0.508 e. The highest BCUT2D eigenvalue weighted by atomic mass is 28.4. The molecule has 0 atom stereocenters. The van der Waals surface area contributed by atoms with E-state index in [0.717, 1.165) is 16.9 Å². The van der Waals surface area contributed by atoms with E-state index in [0.29, 0.717) is 0 Å². The molecule has 0 spiro atoms. The van der Waals surface area contributed by atoms with Crippen LogP contribution in [0.25, 0.3) is 12.2 Å². The molecular weight excluding hydrogens is 340 g/mol. The Bertz CT molecular complexity index is 751. The molecule has 0 saturated carbocycles. The molecule has 0 amide bonds. The second-order valence-electron chi connectivity index (χ2n) is 7.60. The second-order valence-corrected chi connectivity index (χ2v) is 12.0. The smallest absolute Gasteiger partial charge is 0.195 e. The highest BCUT2D eigenvalue weighted by Gasteiger charge is 2.28. The second kappa shape index (κ2) is 8.38. The Hall–Kier alpha value is -2.30. The third kappa shape index (κ3) is 7.29. The zero-order chi connectivity index (χ0) is 19.2. The van der Waals surface area contributed by atoms with Gasteiger partial charge in [-0.2, -0.15) is 0 Å². The Morgan fingerprint density at radius 3 is 1.73 bits per heavy atom. The van der Waals surface area contributed by atoms with E-state index in [1.165, 1.54) is 0 Å². The number of phenolic OH excluding ortho intramolecular Hbond substituents is 1. The standard InChI is InChI=1S/C22H28O3Si/c1-22(2,25-26(3,4)5)24-21-16-12-19(13-17-21)9-7-6-8-18-10-14-20(23)15-11-18/h6-17,23H,1-5H3. The summed E-state index contributed by atoms with van der Waals surface area (Å²) in [5.41, 5.74) is 2.14. The number of ether oxygens (including phenoxy) is 1. The van der Waals surface area contributed by atoms with Crippen LogP contribution in [0.2, 0.25) is 19.6 Å². The highest BCUT2D eigenvalue weighted by Crippen LogP contribution is 2.23. The molecule has 2 rings (SSSR count). The molecule has 2 aromatic rings. The first-order chi connectivity index (χ1) is 12.1. The summed E-state index contributed by atoms with van der Waals surface area (Å²) >= 11 is 0. The van der Waals surface area contributed by atoms with Gasteiger partial charge in [-0.05, 0) is 68.9 Å². The van der Waals surface area contributed by atoms with Gasteiger partial charge in [0, 0.05) is 0 Å². The van der Waals surface area contributed by atoms with Crippen LogP contribution in [0.3, 0.4) is 0 Å². The summed E-state index contributed by atoms with van der Waals surface area (Å²) in [6.45, 7) is 10.4. The Balaban J connectivity index is 1.93. The van der Waals surface area contributed by atoms with Crippen molar-refractivity contribution in [3.8, 4) is 11.5 Å². The lowest BCUT2D eigenvalue weighted by Crippen LogP contribution is -2.42. The van der Waals surface area contributed by atoms with Crippen LogP contribution in [0.5, 0.6) is 11.5 Å². The quantitative estimate of drug-likeness (QED) is 0.365. The van der Waals surface area contributed by atoms with E-state index in [9.17, 15) is 5.11 Å². The van der Waals surface area contributed by atoms with Crippen molar-refractivity contribution in [3.05, 3.63) is 71.8 Å². The maximum absolute atomic E-state index is 9.27. The van der Waals surface area contributed by atoms with Crippen LogP contribution in [0.4, 0.5) is 0 Å². The zero-order valence-electron chi connectivity index (χ0n) is 16.2. The maximum atomic E-state index is 9.27. The Morgan fingerprint density at radius 1 is 0.808 bits per heavy atom. The van der Waals surface area contributed by atoms with Crippen LogP contribution in [-0.2, 0) is 4.43 Å². The average molecular weight is 369 g/mol. The van der Waals surface area contributed by atoms with Crippen molar-refractivity contribution >= 4 is 20.5 Å². The Kier molecular flexibility index (Phi) is 6.45. The first-order valence-electron chi connectivity index (χ1n) is 8.76. The fourth-order valence-electron chi connectivity index (χ4n) is 2.61. The molecule has 0 heterocycles. The molecule has 3 nitrogen and oxygen atoms in total. The van der Waals surface area contributed by atoms with Crippen molar-refractivity contribution in [2.75, 3.05) is 0 Å². The third-order valence-electron chi connectivity index (χ3n) is 3.38. The highest BCUT2D eigenvalue weighted by molar-refractivity contribution is 6.69. The van der Waals surface area contributed by atoms with Crippen molar-refractivity contribution in [1.29, 1.82) is 0 Å². The van der Waals surface area contributed by atoms with Crippen LogP contribution in [0.1, 0.15) is 25.0 Å². The van der Waals surface area contributed by atoms with Crippen LogP contribution in [-0.4, -0.2) is 19.2 Å². The molecule has 0 bridgehead atoms. The fourth-order valence-corrected chi connectivity index (χ4v) is 4.12. The van der Waals surface area contributed by atoms with Gasteiger partial charge in [0.25, 0.3) is 0 Å². The van der Waals surface area contributed by atoms with Gasteiger partial charge in [0.15, 0.2) is 14.1 Å². The number of benzene rings is 2. The number of aromatic hydroxyl groups is 1. The number of rotatable bonds is 7. The summed E-state index contributed by atoms with van der Waals surface area (Å²) in [5, 5.41) is 9.27. The molecular formula is C22H28O3Si. The van der Waals surface area contributed by atoms with E-state index in [2.05, 4.69) is 19.6 Å². The normalized spacial score (nSPS) is 12.8. The van der Waals surface area contributed by atoms with Gasteiger partial charge in [0.1, 0.15) is 11.5 Å². The lowest BCUT2D eigenvalue weighted by Gasteiger charge is -2.33. The summed E-state index contributed by atoms with van der Waals surface area (Å²) in [6.07, 6.45) is 7.98. The summed E-state index contributed by atoms with van der Waals surface area (Å²) < 4.78 is 12.0. The first-order valence-corrected chi connectivity index (χ1v) is 12.2. The van der Waals surface area contributed by atoms with Crippen molar-refractivity contribution in [3.63, 3.8) is 0 Å². The Labute approximate surface area is 157 Å². The number of hydrogen-bond acceptors (Lipinski definition) is 3. The van der Waals surface area contributed by atoms with Gasteiger partial charge < -0.3 is 14.3 Å². The van der Waals surface area contributed by atoms with Crippen LogP contribution in [0, 0.1) is 0 Å². The molecule has 0 aliphatic carbocycles. The first kappa shape index (κ1) is 20.0. The number of hydrogen-bond donors (Lipinski definition) is 1. The number of allylic oxidation sites excluding steroid dienone is 2. The summed E-state index contributed by atoms with van der Waals surface area (Å²) in [5.74, 6) is 0.442. The molecule has 26 heavy (non-hydrogen) atoms. The van der Waals surface area contributed by atoms with Gasteiger partial charge in [0.2, 0.25) is 0 Å². The van der Waals surface area contributed by atoms with Crippen LogP contribution < -0.4 is 4.74 Å². The zero-order valence-corrected chi connectivity index (χ0v) is 17.2. The van der Waals surface area contributed by atoms with E-state index >= 15 is 0 Å². The van der Waals surface area contributed by atoms with Crippen LogP contribution in [0.15, 0.2) is 60.7 Å². The predicted octanol–water partition coefficient (Wildman–Crippen LogP) is 6.09. The SMILES string of the molecule is CC(C)(Oc1ccc(C=CC=Cc2ccc(O)cc2)cc1)O[Si](C)(C)C. The van der Waals surface area contributed by atoms with Crippen molar-refractivity contribution in [2.24, 2.45) is 0 Å². The third-order valence-corrected chi connectivity index (χ3v) is 4.48. The van der Waals surface area contributed by atoms with Crippen LogP contribution >= 0.6 is 0 Å². The van der Waals surface area contributed by atoms with Crippen molar-refractivity contribution in [1.82, 2.24) is 0 Å². The molecule has 0 unspecified atom stereocenters. The van der Waals surface area contributed by atoms with Gasteiger partial charge in [-0.3, -0.25) is 0 Å². The monoisotopic (exact) mass is 368 g/mol. The minimum Gasteiger partial charge on any atom is -0.508 e. The van der Waals surface area contributed by atoms with E-state index in [-0.39, 0.29) is 5.75 Å².